The Bertz CT molecular complexity index is 634. The Labute approximate surface area is 106 Å². The van der Waals surface area contributed by atoms with Gasteiger partial charge in [0.1, 0.15) is 10.6 Å². The summed E-state index contributed by atoms with van der Waals surface area (Å²) in [5, 5.41) is 17.7. The van der Waals surface area contributed by atoms with Gasteiger partial charge in [-0.2, -0.15) is 5.10 Å². The van der Waals surface area contributed by atoms with Gasteiger partial charge in [0, 0.05) is 12.4 Å². The highest BCUT2D eigenvalue weighted by molar-refractivity contribution is 5.95. The Morgan fingerprint density at radius 1 is 1.47 bits per heavy atom. The average molecular weight is 260 g/mol. The highest BCUT2D eigenvalue weighted by atomic mass is 16.6. The van der Waals surface area contributed by atoms with E-state index in [-0.39, 0.29) is 17.5 Å². The smallest absolute Gasteiger partial charge is 0.400 e. The quantitative estimate of drug-likeness (QED) is 0.372. The first-order chi connectivity index (χ1) is 9.16. The summed E-state index contributed by atoms with van der Waals surface area (Å²) in [7, 11) is 0. The normalized spacial score (nSPS) is 11.9. The highest BCUT2D eigenvalue weighted by Gasteiger charge is 2.10. The predicted octanol–water partition coefficient (Wildman–Crippen LogP) is 0.717. The second-order valence-electron chi connectivity index (χ2n) is 3.25. The van der Waals surface area contributed by atoms with Crippen LogP contribution in [0.15, 0.2) is 45.3 Å². The van der Waals surface area contributed by atoms with Crippen LogP contribution in [0.3, 0.4) is 0 Å². The minimum atomic E-state index is -0.644. The molecule has 2 heterocycles. The molecule has 96 valence electrons. The molecule has 0 aliphatic heterocycles. The van der Waals surface area contributed by atoms with E-state index in [2.05, 4.69) is 20.2 Å². The minimum Gasteiger partial charge on any atom is -0.400 e. The van der Waals surface area contributed by atoms with Crippen LogP contribution < -0.4 is 5.73 Å². The molecule has 0 radical (unpaired) electrons. The monoisotopic (exact) mass is 260 g/mol. The summed E-state index contributed by atoms with van der Waals surface area (Å²) in [5.74, 6) is -0.0971. The number of nitrogens with zero attached hydrogens (tertiary/aromatic N) is 5. The van der Waals surface area contributed by atoms with Crippen molar-refractivity contribution in [2.45, 2.75) is 0 Å². The van der Waals surface area contributed by atoms with Gasteiger partial charge in [-0.3, -0.25) is 15.1 Å². The number of aromatic nitrogens is 2. The molecule has 0 amide bonds. The third kappa shape index (κ3) is 3.19. The molecule has 2 aromatic rings. The Kier molecular flexibility index (Phi) is 3.57. The predicted molar refractivity (Wildman–Crippen MR) is 65.7 cm³/mol. The van der Waals surface area contributed by atoms with Gasteiger partial charge >= 0.3 is 5.88 Å². The van der Waals surface area contributed by atoms with E-state index in [0.717, 1.165) is 0 Å². The molecule has 19 heavy (non-hydrogen) atoms. The zero-order valence-electron chi connectivity index (χ0n) is 9.50. The van der Waals surface area contributed by atoms with Gasteiger partial charge < -0.3 is 10.2 Å². The molecule has 0 aliphatic rings. The maximum Gasteiger partial charge on any atom is 0.433 e. The van der Waals surface area contributed by atoms with Crippen molar-refractivity contribution in [1.82, 2.24) is 9.97 Å². The van der Waals surface area contributed by atoms with Crippen LogP contribution >= 0.6 is 0 Å². The lowest BCUT2D eigenvalue weighted by atomic mass is 10.4. The van der Waals surface area contributed by atoms with Crippen molar-refractivity contribution in [3.63, 3.8) is 0 Å². The first-order valence-corrected chi connectivity index (χ1v) is 5.04. The number of rotatable bonds is 4. The number of furan rings is 1. The van der Waals surface area contributed by atoms with Crippen molar-refractivity contribution < 1.29 is 9.34 Å². The van der Waals surface area contributed by atoms with Crippen molar-refractivity contribution >= 4 is 17.9 Å². The average Bonchev–Trinajstić information content (AvgIpc) is 2.89. The van der Waals surface area contributed by atoms with E-state index in [1.54, 1.807) is 0 Å². The van der Waals surface area contributed by atoms with Gasteiger partial charge in [-0.1, -0.05) is 0 Å². The molecule has 0 saturated heterocycles. The number of nitro groups is 1. The maximum absolute atomic E-state index is 10.4. The molecule has 9 nitrogen and oxygen atoms in total. The molecular weight excluding hydrogens is 252 g/mol. The molecule has 0 aromatic carbocycles. The summed E-state index contributed by atoms with van der Waals surface area (Å²) in [6.45, 7) is 0. The molecule has 0 spiro atoms. The standard InChI is InChI=1S/C10H8N6O3/c11-10(8-6-12-3-4-13-8)15-14-5-7-1-2-9(19-7)16(17)18/h1-6H,(H2,11,15)/b14-5+. The first kappa shape index (κ1) is 12.4. The van der Waals surface area contributed by atoms with Crippen molar-refractivity contribution in [3.8, 4) is 0 Å². The van der Waals surface area contributed by atoms with Crippen molar-refractivity contribution in [2.75, 3.05) is 0 Å². The highest BCUT2D eigenvalue weighted by Crippen LogP contribution is 2.13. The summed E-state index contributed by atoms with van der Waals surface area (Å²) < 4.78 is 4.85. The van der Waals surface area contributed by atoms with Gasteiger partial charge in [0.25, 0.3) is 0 Å². The van der Waals surface area contributed by atoms with Crippen molar-refractivity contribution in [3.05, 3.63) is 52.3 Å². The minimum absolute atomic E-state index is 0.0744. The fraction of sp³-hybridized carbons (Fsp3) is 0. The first-order valence-electron chi connectivity index (χ1n) is 5.04. The number of nitrogens with two attached hydrogens (primary N) is 1. The molecule has 0 atom stereocenters. The second kappa shape index (κ2) is 5.49. The molecule has 0 aliphatic carbocycles. The summed E-state index contributed by atoms with van der Waals surface area (Å²) in [5.41, 5.74) is 5.99. The molecule has 2 rings (SSSR count). The van der Waals surface area contributed by atoms with Crippen LogP contribution in [0, 0.1) is 10.1 Å². The van der Waals surface area contributed by atoms with Crippen molar-refractivity contribution in [2.24, 2.45) is 15.9 Å². The summed E-state index contributed by atoms with van der Waals surface area (Å²) >= 11 is 0. The molecule has 0 saturated carbocycles. The van der Waals surface area contributed by atoms with E-state index in [4.69, 9.17) is 10.2 Å². The third-order valence-electron chi connectivity index (χ3n) is 1.97. The SMILES string of the molecule is N/C(=N\N=C\c1ccc([N+](=O)[O-])o1)c1cnccn1. The number of hydrogen-bond acceptors (Lipinski definition) is 7. The van der Waals surface area contributed by atoms with Crippen LogP contribution in [0.25, 0.3) is 0 Å². The Balaban J connectivity index is 2.08. The van der Waals surface area contributed by atoms with Gasteiger partial charge in [-0.15, -0.1) is 5.10 Å². The van der Waals surface area contributed by atoms with E-state index < -0.39 is 4.92 Å². The van der Waals surface area contributed by atoms with Gasteiger partial charge in [0.2, 0.25) is 0 Å². The van der Waals surface area contributed by atoms with Gasteiger partial charge in [-0.25, -0.2) is 4.98 Å². The molecular formula is C10H8N6O3. The Morgan fingerprint density at radius 2 is 2.32 bits per heavy atom. The summed E-state index contributed by atoms with van der Waals surface area (Å²) in [4.78, 5) is 17.5. The Hall–Kier alpha value is -3.10. The van der Waals surface area contributed by atoms with Crippen LogP contribution in [0.5, 0.6) is 0 Å². The molecule has 0 bridgehead atoms. The largest absolute Gasteiger partial charge is 0.433 e. The Morgan fingerprint density at radius 3 is 2.95 bits per heavy atom. The summed E-state index contributed by atoms with van der Waals surface area (Å²) in [6.07, 6.45) is 5.61. The summed E-state index contributed by atoms with van der Waals surface area (Å²) in [6, 6.07) is 2.62. The zero-order chi connectivity index (χ0) is 13.7. The van der Waals surface area contributed by atoms with Crippen molar-refractivity contribution in [1.29, 1.82) is 0 Å². The zero-order valence-corrected chi connectivity index (χ0v) is 9.50. The van der Waals surface area contributed by atoms with Crippen LogP contribution in [0.2, 0.25) is 0 Å². The van der Waals surface area contributed by atoms with E-state index in [0.29, 0.717) is 5.69 Å². The lowest BCUT2D eigenvalue weighted by Gasteiger charge is -1.94. The van der Waals surface area contributed by atoms with Gasteiger partial charge in [0.15, 0.2) is 11.6 Å². The molecule has 9 heteroatoms. The van der Waals surface area contributed by atoms with Gasteiger partial charge in [0.05, 0.1) is 18.5 Å². The maximum atomic E-state index is 10.4. The van der Waals surface area contributed by atoms with E-state index in [1.807, 2.05) is 0 Å². The second-order valence-corrected chi connectivity index (χ2v) is 3.25. The molecule has 0 fully saturated rings. The van der Waals surface area contributed by atoms with Crippen LogP contribution in [0.1, 0.15) is 11.5 Å². The van der Waals surface area contributed by atoms with Crippen LogP contribution in [-0.2, 0) is 0 Å². The fourth-order valence-electron chi connectivity index (χ4n) is 1.14. The third-order valence-corrected chi connectivity index (χ3v) is 1.97. The van der Waals surface area contributed by atoms with E-state index in [9.17, 15) is 10.1 Å². The molecule has 2 aromatic heterocycles. The molecule has 2 N–H and O–H groups in total. The van der Waals surface area contributed by atoms with E-state index >= 15 is 0 Å². The molecule has 0 unspecified atom stereocenters. The van der Waals surface area contributed by atoms with E-state index in [1.165, 1.54) is 36.9 Å². The van der Waals surface area contributed by atoms with Crippen LogP contribution in [0.4, 0.5) is 5.88 Å². The fourth-order valence-corrected chi connectivity index (χ4v) is 1.14. The van der Waals surface area contributed by atoms with Crippen LogP contribution in [-0.4, -0.2) is 26.9 Å². The number of amidine groups is 1. The number of hydrogen-bond donors (Lipinski definition) is 1. The topological polar surface area (TPSA) is 133 Å². The lowest BCUT2D eigenvalue weighted by Crippen LogP contribution is -2.14. The lowest BCUT2D eigenvalue weighted by molar-refractivity contribution is -0.402. The van der Waals surface area contributed by atoms with Gasteiger partial charge in [-0.05, 0) is 6.07 Å².